The molecule has 0 heterocycles. The van der Waals surface area contributed by atoms with Crippen LogP contribution in [0.25, 0.3) is 0 Å². The molecule has 1 amide bonds. The molecule has 0 aliphatic rings. The van der Waals surface area contributed by atoms with Gasteiger partial charge in [0.05, 0.1) is 10.5 Å². The molecule has 1 N–H and O–H groups in total. The SMILES string of the molecule is CSCC(C)NC(=O)c1cc([N+](=O)[O-])cc(C)c1F. The van der Waals surface area contributed by atoms with Crippen LogP contribution in [0.1, 0.15) is 22.8 Å². The van der Waals surface area contributed by atoms with Gasteiger partial charge in [-0.3, -0.25) is 14.9 Å². The summed E-state index contributed by atoms with van der Waals surface area (Å²) >= 11 is 1.55. The van der Waals surface area contributed by atoms with Gasteiger partial charge in [-0.2, -0.15) is 11.8 Å². The van der Waals surface area contributed by atoms with Crippen molar-refractivity contribution in [3.05, 3.63) is 39.2 Å². The van der Waals surface area contributed by atoms with E-state index in [1.54, 1.807) is 18.7 Å². The number of amides is 1. The van der Waals surface area contributed by atoms with Crippen LogP contribution in [-0.2, 0) is 0 Å². The van der Waals surface area contributed by atoms with Crippen molar-refractivity contribution in [2.45, 2.75) is 19.9 Å². The van der Waals surface area contributed by atoms with Crippen molar-refractivity contribution >= 4 is 23.4 Å². The van der Waals surface area contributed by atoms with Gasteiger partial charge in [-0.15, -0.1) is 0 Å². The van der Waals surface area contributed by atoms with E-state index in [1.807, 2.05) is 6.26 Å². The third-order valence-electron chi connectivity index (χ3n) is 2.49. The number of nitrogens with one attached hydrogen (secondary N) is 1. The van der Waals surface area contributed by atoms with Crippen molar-refractivity contribution in [3.63, 3.8) is 0 Å². The third kappa shape index (κ3) is 3.92. The van der Waals surface area contributed by atoms with Crippen molar-refractivity contribution in [1.82, 2.24) is 5.32 Å². The molecule has 19 heavy (non-hydrogen) atoms. The second kappa shape index (κ2) is 6.51. The number of thioether (sulfide) groups is 1. The molecule has 1 aromatic carbocycles. The molecule has 1 aromatic rings. The zero-order valence-corrected chi connectivity index (χ0v) is 11.7. The molecule has 0 fully saturated rings. The topological polar surface area (TPSA) is 72.2 Å². The molecule has 7 heteroatoms. The summed E-state index contributed by atoms with van der Waals surface area (Å²) in [6, 6.07) is 1.93. The number of benzene rings is 1. The minimum absolute atomic E-state index is 0.0804. The first-order valence-electron chi connectivity index (χ1n) is 5.61. The lowest BCUT2D eigenvalue weighted by atomic mass is 10.1. The van der Waals surface area contributed by atoms with Crippen molar-refractivity contribution < 1.29 is 14.1 Å². The average Bonchev–Trinajstić information content (AvgIpc) is 2.32. The fraction of sp³-hybridized carbons (Fsp3) is 0.417. The maximum atomic E-state index is 13.8. The van der Waals surface area contributed by atoms with Crippen molar-refractivity contribution in [1.29, 1.82) is 0 Å². The Bertz CT molecular complexity index is 508. The number of rotatable bonds is 5. The van der Waals surface area contributed by atoms with E-state index in [4.69, 9.17) is 0 Å². The lowest BCUT2D eigenvalue weighted by Gasteiger charge is -2.13. The average molecular weight is 286 g/mol. The first-order chi connectivity index (χ1) is 8.86. The highest BCUT2D eigenvalue weighted by atomic mass is 32.2. The van der Waals surface area contributed by atoms with Gasteiger partial charge in [-0.05, 0) is 25.7 Å². The summed E-state index contributed by atoms with van der Waals surface area (Å²) < 4.78 is 13.8. The number of nitrogens with zero attached hydrogens (tertiary/aromatic N) is 1. The third-order valence-corrected chi connectivity index (χ3v) is 3.32. The van der Waals surface area contributed by atoms with E-state index >= 15 is 0 Å². The highest BCUT2D eigenvalue weighted by Crippen LogP contribution is 2.21. The first-order valence-corrected chi connectivity index (χ1v) is 7.00. The first kappa shape index (κ1) is 15.4. The van der Waals surface area contributed by atoms with Crippen molar-refractivity contribution in [3.8, 4) is 0 Å². The molecule has 0 saturated carbocycles. The van der Waals surface area contributed by atoms with Gasteiger partial charge in [-0.1, -0.05) is 0 Å². The van der Waals surface area contributed by atoms with Crippen LogP contribution < -0.4 is 5.32 Å². The summed E-state index contributed by atoms with van der Waals surface area (Å²) in [5.41, 5.74) is -0.502. The molecule has 0 aliphatic carbocycles. The Hall–Kier alpha value is -1.63. The molecule has 0 bridgehead atoms. The van der Waals surface area contributed by atoms with Gasteiger partial charge in [-0.25, -0.2) is 4.39 Å². The molecular formula is C12H15FN2O3S. The van der Waals surface area contributed by atoms with Gasteiger partial charge in [0.15, 0.2) is 0 Å². The highest BCUT2D eigenvalue weighted by molar-refractivity contribution is 7.98. The fourth-order valence-corrected chi connectivity index (χ4v) is 2.20. The van der Waals surface area contributed by atoms with Gasteiger partial charge in [0.25, 0.3) is 11.6 Å². The summed E-state index contributed by atoms with van der Waals surface area (Å²) in [6.07, 6.45) is 1.89. The Balaban J connectivity index is 3.05. The number of nitro groups is 1. The van der Waals surface area contributed by atoms with Gasteiger partial charge in [0, 0.05) is 23.9 Å². The number of aryl methyl sites for hydroxylation is 1. The Morgan fingerprint density at radius 3 is 2.74 bits per heavy atom. The molecule has 0 aromatic heterocycles. The van der Waals surface area contributed by atoms with Crippen LogP contribution in [0.4, 0.5) is 10.1 Å². The lowest BCUT2D eigenvalue weighted by molar-refractivity contribution is -0.385. The van der Waals surface area contributed by atoms with Gasteiger partial charge >= 0.3 is 0 Å². The van der Waals surface area contributed by atoms with Crippen LogP contribution in [0.2, 0.25) is 0 Å². The monoisotopic (exact) mass is 286 g/mol. The molecule has 0 radical (unpaired) electrons. The second-order valence-corrected chi connectivity index (χ2v) is 5.12. The van der Waals surface area contributed by atoms with Crippen LogP contribution in [0, 0.1) is 22.9 Å². The smallest absolute Gasteiger partial charge is 0.270 e. The number of hydrogen-bond acceptors (Lipinski definition) is 4. The Labute approximate surface area is 114 Å². The van der Waals surface area contributed by atoms with E-state index in [0.717, 1.165) is 12.1 Å². The highest BCUT2D eigenvalue weighted by Gasteiger charge is 2.20. The molecule has 104 valence electrons. The largest absolute Gasteiger partial charge is 0.349 e. The van der Waals surface area contributed by atoms with Gasteiger partial charge in [0.2, 0.25) is 0 Å². The number of halogens is 1. The number of nitro benzene ring substituents is 1. The van der Waals surface area contributed by atoms with E-state index in [9.17, 15) is 19.3 Å². The van der Waals surface area contributed by atoms with Crippen molar-refractivity contribution in [2.24, 2.45) is 0 Å². The molecule has 1 atom stereocenters. The lowest BCUT2D eigenvalue weighted by Crippen LogP contribution is -2.34. The standard InChI is InChI=1S/C12H15FN2O3S/c1-7-4-9(15(17)18)5-10(11(7)13)12(16)14-8(2)6-19-3/h4-5,8H,6H2,1-3H3,(H,14,16). The summed E-state index contributed by atoms with van der Waals surface area (Å²) in [7, 11) is 0. The van der Waals surface area contributed by atoms with Gasteiger partial charge in [0.1, 0.15) is 5.82 Å². The van der Waals surface area contributed by atoms with E-state index in [1.165, 1.54) is 6.92 Å². The second-order valence-electron chi connectivity index (χ2n) is 4.21. The van der Waals surface area contributed by atoms with Crippen LogP contribution in [0.3, 0.4) is 0 Å². The molecule has 0 saturated heterocycles. The predicted molar refractivity (Wildman–Crippen MR) is 73.1 cm³/mol. The summed E-state index contributed by atoms with van der Waals surface area (Å²) in [4.78, 5) is 22.0. The summed E-state index contributed by atoms with van der Waals surface area (Å²) in [5, 5.41) is 13.3. The number of hydrogen-bond donors (Lipinski definition) is 1. The molecular weight excluding hydrogens is 271 g/mol. The summed E-state index contributed by atoms with van der Waals surface area (Å²) in [5.74, 6) is -0.674. The summed E-state index contributed by atoms with van der Waals surface area (Å²) in [6.45, 7) is 3.18. The van der Waals surface area contributed by atoms with Gasteiger partial charge < -0.3 is 5.32 Å². The van der Waals surface area contributed by atoms with E-state index in [2.05, 4.69) is 5.32 Å². The Morgan fingerprint density at radius 2 is 2.21 bits per heavy atom. The maximum absolute atomic E-state index is 13.8. The van der Waals surface area contributed by atoms with Crippen LogP contribution >= 0.6 is 11.8 Å². The van der Waals surface area contributed by atoms with Crippen LogP contribution in [0.5, 0.6) is 0 Å². The molecule has 0 aliphatic heterocycles. The minimum Gasteiger partial charge on any atom is -0.349 e. The fourth-order valence-electron chi connectivity index (χ4n) is 1.61. The van der Waals surface area contributed by atoms with Crippen LogP contribution in [0.15, 0.2) is 12.1 Å². The van der Waals surface area contributed by atoms with E-state index in [-0.39, 0.29) is 22.9 Å². The quantitative estimate of drug-likeness (QED) is 0.667. The number of carbonyl (C=O) groups excluding carboxylic acids is 1. The Kier molecular flexibility index (Phi) is 5.29. The normalized spacial score (nSPS) is 12.0. The number of carbonyl (C=O) groups is 1. The van der Waals surface area contributed by atoms with Crippen molar-refractivity contribution in [2.75, 3.05) is 12.0 Å². The van der Waals surface area contributed by atoms with E-state index in [0.29, 0.717) is 5.75 Å². The van der Waals surface area contributed by atoms with E-state index < -0.39 is 16.6 Å². The number of non-ortho nitro benzene ring substituents is 1. The molecule has 5 nitrogen and oxygen atoms in total. The Morgan fingerprint density at radius 1 is 1.58 bits per heavy atom. The maximum Gasteiger partial charge on any atom is 0.270 e. The van der Waals surface area contributed by atoms with Crippen LogP contribution in [-0.4, -0.2) is 28.9 Å². The molecule has 1 unspecified atom stereocenters. The zero-order valence-electron chi connectivity index (χ0n) is 10.9. The molecule has 1 rings (SSSR count). The molecule has 0 spiro atoms. The minimum atomic E-state index is -0.723. The zero-order chi connectivity index (χ0) is 14.6. The predicted octanol–water partition coefficient (Wildman–Crippen LogP) is 2.52.